The molecule has 3 heteroatoms. The highest BCUT2D eigenvalue weighted by Gasteiger charge is 2.12. The van der Waals surface area contributed by atoms with E-state index in [9.17, 15) is 5.11 Å². The summed E-state index contributed by atoms with van der Waals surface area (Å²) >= 11 is 6.50. The quantitative estimate of drug-likeness (QED) is 0.712. The van der Waals surface area contributed by atoms with Crippen molar-refractivity contribution in [2.24, 2.45) is 0 Å². The molecule has 0 amide bonds. The molecule has 0 fully saturated rings. The average molecular weight is 318 g/mol. The van der Waals surface area contributed by atoms with Crippen LogP contribution in [0.3, 0.4) is 0 Å². The van der Waals surface area contributed by atoms with Crippen LogP contribution in [0.25, 0.3) is 0 Å². The molecule has 0 aliphatic carbocycles. The molecule has 0 radical (unpaired) electrons. The van der Waals surface area contributed by atoms with Gasteiger partial charge in [0.2, 0.25) is 0 Å². The summed E-state index contributed by atoms with van der Waals surface area (Å²) in [5.74, 6) is 0. The molecule has 0 unspecified atom stereocenters. The third-order valence-corrected chi connectivity index (χ3v) is 4.07. The number of nitrogens with zero attached hydrogens (tertiary/aromatic N) is 1. The van der Waals surface area contributed by atoms with Crippen molar-refractivity contribution in [2.45, 2.75) is 24.8 Å². The van der Waals surface area contributed by atoms with Crippen molar-refractivity contribution in [3.8, 4) is 0 Å². The zero-order chi connectivity index (χ0) is 15.6. The molecule has 1 N–H and O–H groups in total. The minimum Gasteiger partial charge on any atom is -0.395 e. The van der Waals surface area contributed by atoms with Gasteiger partial charge in [-0.2, -0.15) is 0 Å². The van der Waals surface area contributed by atoms with Crippen molar-refractivity contribution in [1.29, 1.82) is 0 Å². The first-order valence-electron chi connectivity index (χ1n) is 7.83. The van der Waals surface area contributed by atoms with Crippen LogP contribution in [0.2, 0.25) is 0 Å². The van der Waals surface area contributed by atoms with Gasteiger partial charge in [-0.05, 0) is 24.0 Å². The molecule has 0 aliphatic rings. The molecule has 22 heavy (non-hydrogen) atoms. The van der Waals surface area contributed by atoms with Gasteiger partial charge in [0.05, 0.1) is 6.61 Å². The normalized spacial score (nSPS) is 12.5. The Morgan fingerprint density at radius 3 is 2.09 bits per heavy atom. The van der Waals surface area contributed by atoms with Crippen molar-refractivity contribution >= 4 is 11.6 Å². The second kappa shape index (κ2) is 9.62. The van der Waals surface area contributed by atoms with Crippen LogP contribution in [0.4, 0.5) is 0 Å². The van der Waals surface area contributed by atoms with E-state index >= 15 is 0 Å². The molecule has 0 bridgehead atoms. The fourth-order valence-electron chi connectivity index (χ4n) is 2.56. The van der Waals surface area contributed by atoms with Crippen molar-refractivity contribution in [3.05, 3.63) is 71.8 Å². The van der Waals surface area contributed by atoms with Gasteiger partial charge in [-0.15, -0.1) is 11.6 Å². The van der Waals surface area contributed by atoms with Crippen LogP contribution in [-0.2, 0) is 13.0 Å². The van der Waals surface area contributed by atoms with Gasteiger partial charge >= 0.3 is 0 Å². The summed E-state index contributed by atoms with van der Waals surface area (Å²) in [5.41, 5.74) is 2.58. The van der Waals surface area contributed by atoms with Crippen LogP contribution in [0.15, 0.2) is 60.7 Å². The van der Waals surface area contributed by atoms with Crippen LogP contribution in [0.5, 0.6) is 0 Å². The number of aryl methyl sites for hydroxylation is 1. The minimum absolute atomic E-state index is 0.0930. The maximum atomic E-state index is 9.25. The van der Waals surface area contributed by atoms with Gasteiger partial charge in [-0.3, -0.25) is 4.90 Å². The Balaban J connectivity index is 1.81. The maximum Gasteiger partial charge on any atom is 0.0558 e. The molecule has 2 aromatic rings. The molecule has 0 saturated heterocycles. The fourth-order valence-corrected chi connectivity index (χ4v) is 2.86. The molecule has 0 saturated carbocycles. The second-order valence-electron chi connectivity index (χ2n) is 5.57. The van der Waals surface area contributed by atoms with E-state index in [1.165, 1.54) is 11.1 Å². The van der Waals surface area contributed by atoms with Gasteiger partial charge in [0.25, 0.3) is 0 Å². The number of aliphatic hydroxyl groups is 1. The molecule has 118 valence electrons. The molecular weight excluding hydrogens is 294 g/mol. The van der Waals surface area contributed by atoms with E-state index in [-0.39, 0.29) is 12.0 Å². The molecule has 0 spiro atoms. The number of benzene rings is 2. The second-order valence-corrected chi connectivity index (χ2v) is 6.18. The highest BCUT2D eigenvalue weighted by Crippen LogP contribution is 2.13. The van der Waals surface area contributed by atoms with E-state index in [4.69, 9.17) is 11.6 Å². The Bertz CT molecular complexity index is 517. The lowest BCUT2D eigenvalue weighted by Gasteiger charge is -2.24. The number of hydrogen-bond acceptors (Lipinski definition) is 2. The van der Waals surface area contributed by atoms with Gasteiger partial charge in [0.15, 0.2) is 0 Å². The van der Waals surface area contributed by atoms with E-state index < -0.39 is 0 Å². The SMILES string of the molecule is OCCN(Cc1ccccc1)C[C@@H](Cl)CCc1ccccc1. The van der Waals surface area contributed by atoms with Gasteiger partial charge in [0.1, 0.15) is 0 Å². The van der Waals surface area contributed by atoms with E-state index in [0.29, 0.717) is 6.54 Å². The van der Waals surface area contributed by atoms with Crippen LogP contribution in [0, 0.1) is 0 Å². The summed E-state index contributed by atoms with van der Waals surface area (Å²) in [4.78, 5) is 2.22. The Kier molecular flexibility index (Phi) is 7.44. The lowest BCUT2D eigenvalue weighted by atomic mass is 10.1. The highest BCUT2D eigenvalue weighted by molar-refractivity contribution is 6.20. The molecular formula is C19H24ClNO. The largest absolute Gasteiger partial charge is 0.395 e. The van der Waals surface area contributed by atoms with Gasteiger partial charge in [-0.25, -0.2) is 0 Å². The number of halogens is 1. The monoisotopic (exact) mass is 317 g/mol. The lowest BCUT2D eigenvalue weighted by Crippen LogP contribution is -2.32. The standard InChI is InChI=1S/C19H24ClNO/c20-19(12-11-17-7-3-1-4-8-17)16-21(13-14-22)15-18-9-5-2-6-10-18/h1-10,19,22H,11-16H2/t19-/m0/s1. The Morgan fingerprint density at radius 2 is 1.50 bits per heavy atom. The zero-order valence-corrected chi connectivity index (χ0v) is 13.6. The Morgan fingerprint density at radius 1 is 0.909 bits per heavy atom. The first-order valence-corrected chi connectivity index (χ1v) is 8.26. The van der Waals surface area contributed by atoms with Crippen molar-refractivity contribution in [1.82, 2.24) is 4.90 Å². The number of aliphatic hydroxyl groups excluding tert-OH is 1. The summed E-state index contributed by atoms with van der Waals surface area (Å²) in [7, 11) is 0. The lowest BCUT2D eigenvalue weighted by molar-refractivity contribution is 0.189. The van der Waals surface area contributed by atoms with Crippen molar-refractivity contribution in [2.75, 3.05) is 19.7 Å². The summed E-state index contributed by atoms with van der Waals surface area (Å²) < 4.78 is 0. The molecule has 0 aliphatic heterocycles. The molecule has 1 atom stereocenters. The third kappa shape index (κ3) is 6.18. The number of alkyl halides is 1. The first kappa shape index (κ1) is 17.0. The predicted molar refractivity (Wildman–Crippen MR) is 93.2 cm³/mol. The van der Waals surface area contributed by atoms with Crippen LogP contribution in [-0.4, -0.2) is 35.1 Å². The van der Waals surface area contributed by atoms with E-state index in [0.717, 1.165) is 25.9 Å². The van der Waals surface area contributed by atoms with Crippen LogP contribution < -0.4 is 0 Å². The number of hydrogen-bond donors (Lipinski definition) is 1. The summed E-state index contributed by atoms with van der Waals surface area (Å²) in [6.45, 7) is 2.44. The maximum absolute atomic E-state index is 9.25. The average Bonchev–Trinajstić information content (AvgIpc) is 2.55. The highest BCUT2D eigenvalue weighted by atomic mass is 35.5. The molecule has 0 heterocycles. The van der Waals surface area contributed by atoms with Crippen LogP contribution in [0.1, 0.15) is 17.5 Å². The van der Waals surface area contributed by atoms with Gasteiger partial charge in [0, 0.05) is 25.0 Å². The van der Waals surface area contributed by atoms with E-state index in [1.54, 1.807) is 0 Å². The Labute approximate surface area is 138 Å². The van der Waals surface area contributed by atoms with E-state index in [2.05, 4.69) is 41.3 Å². The summed E-state index contributed by atoms with van der Waals surface area (Å²) in [6.07, 6.45) is 1.94. The topological polar surface area (TPSA) is 23.5 Å². The minimum atomic E-state index is 0.0930. The summed E-state index contributed by atoms with van der Waals surface area (Å²) in [5, 5.41) is 9.34. The molecule has 2 aromatic carbocycles. The molecule has 0 aromatic heterocycles. The molecule has 2 nitrogen and oxygen atoms in total. The van der Waals surface area contributed by atoms with E-state index in [1.807, 2.05) is 24.3 Å². The van der Waals surface area contributed by atoms with Crippen LogP contribution >= 0.6 is 11.6 Å². The fraction of sp³-hybridized carbons (Fsp3) is 0.368. The molecule has 2 rings (SSSR count). The predicted octanol–water partition coefficient (Wildman–Crippen LogP) is 3.72. The number of rotatable bonds is 9. The third-order valence-electron chi connectivity index (χ3n) is 3.71. The van der Waals surface area contributed by atoms with Crippen molar-refractivity contribution < 1.29 is 5.11 Å². The van der Waals surface area contributed by atoms with Crippen molar-refractivity contribution in [3.63, 3.8) is 0 Å². The van der Waals surface area contributed by atoms with Gasteiger partial charge in [-0.1, -0.05) is 60.7 Å². The van der Waals surface area contributed by atoms with Gasteiger partial charge < -0.3 is 5.11 Å². The Hall–Kier alpha value is -1.35. The summed E-state index contributed by atoms with van der Waals surface area (Å²) in [6, 6.07) is 20.8. The first-order chi connectivity index (χ1) is 10.8. The zero-order valence-electron chi connectivity index (χ0n) is 12.9. The smallest absolute Gasteiger partial charge is 0.0558 e.